The zero-order chi connectivity index (χ0) is 57.6. The number of ether oxygens (including phenoxy) is 4. The number of nitrogens with zero attached hydrogens (tertiary/aromatic N) is 1. The number of allylic oxidation sites excluding steroid dienone is 10. The van der Waals surface area contributed by atoms with Crippen LogP contribution < -0.4 is 5.11 Å². The van der Waals surface area contributed by atoms with Gasteiger partial charge >= 0.3 is 11.9 Å². The maximum atomic E-state index is 12.9. The van der Waals surface area contributed by atoms with Gasteiger partial charge in [0.2, 0.25) is 0 Å². The van der Waals surface area contributed by atoms with E-state index in [1.54, 1.807) is 0 Å². The van der Waals surface area contributed by atoms with Gasteiger partial charge in [0.1, 0.15) is 13.2 Å². The van der Waals surface area contributed by atoms with Gasteiger partial charge in [-0.2, -0.15) is 0 Å². The second-order valence-corrected chi connectivity index (χ2v) is 23.7. The summed E-state index contributed by atoms with van der Waals surface area (Å²) in [6, 6.07) is 0. The third kappa shape index (κ3) is 62.4. The molecular weight excluding hydrogens is 983 g/mol. The number of unbranched alkanes of at least 4 members (excludes halogenated alkanes) is 37. The number of quaternary nitrogens is 1. The first-order valence-electron chi connectivity index (χ1n) is 33.4. The molecule has 2 unspecified atom stereocenters. The zero-order valence-electron chi connectivity index (χ0n) is 52.5. The van der Waals surface area contributed by atoms with Gasteiger partial charge in [-0.15, -0.1) is 0 Å². The maximum absolute atomic E-state index is 12.9. The minimum absolute atomic E-state index is 0.144. The Balaban J connectivity index is 4.11. The highest BCUT2D eigenvalue weighted by Crippen LogP contribution is 2.18. The number of carbonyl (C=O) groups excluding carboxylic acids is 3. The van der Waals surface area contributed by atoms with Crippen LogP contribution in [0.3, 0.4) is 0 Å². The number of hydrogen-bond acceptors (Lipinski definition) is 8. The van der Waals surface area contributed by atoms with Crippen LogP contribution in [0.25, 0.3) is 0 Å². The van der Waals surface area contributed by atoms with Gasteiger partial charge in [-0.05, 0) is 57.8 Å². The Labute approximate surface area is 488 Å². The van der Waals surface area contributed by atoms with Gasteiger partial charge in [0.15, 0.2) is 12.4 Å². The molecule has 460 valence electrons. The van der Waals surface area contributed by atoms with Gasteiger partial charge in [0, 0.05) is 12.8 Å². The quantitative estimate of drug-likeness (QED) is 0.0195. The van der Waals surface area contributed by atoms with Crippen molar-refractivity contribution in [1.29, 1.82) is 0 Å². The monoisotopic (exact) mass is 1110 g/mol. The van der Waals surface area contributed by atoms with Crippen LogP contribution in [0.5, 0.6) is 0 Å². The van der Waals surface area contributed by atoms with Crippen molar-refractivity contribution >= 4 is 17.9 Å². The Morgan fingerprint density at radius 1 is 0.392 bits per heavy atom. The number of carboxylic acids is 1. The molecule has 0 aliphatic heterocycles. The lowest BCUT2D eigenvalue weighted by Crippen LogP contribution is -2.44. The molecule has 2 atom stereocenters. The van der Waals surface area contributed by atoms with E-state index >= 15 is 0 Å². The molecule has 0 bridgehead atoms. The molecule has 0 saturated heterocycles. The highest BCUT2D eigenvalue weighted by atomic mass is 16.7. The molecule has 0 aromatic rings. The van der Waals surface area contributed by atoms with Crippen LogP contribution in [0.1, 0.15) is 309 Å². The number of hydrogen-bond donors (Lipinski definition) is 0. The molecular formula is C70H127NO8. The van der Waals surface area contributed by atoms with E-state index < -0.39 is 24.3 Å². The van der Waals surface area contributed by atoms with Crippen LogP contribution in [0.2, 0.25) is 0 Å². The summed E-state index contributed by atoms with van der Waals surface area (Å²) in [4.78, 5) is 37.4. The fourth-order valence-corrected chi connectivity index (χ4v) is 9.68. The van der Waals surface area contributed by atoms with Gasteiger partial charge in [-0.25, -0.2) is 0 Å². The standard InChI is InChI=1S/C70H127NO8/c1-6-8-10-12-14-16-18-20-22-24-26-28-30-31-32-33-34-35-36-37-39-40-42-44-46-48-50-52-54-56-58-60-67(72)77-64-66(65-78-70(69(74)75)76-63-62-71(3,4)5)79-68(73)61-59-57-55-53-51-49-47-45-43-41-38-29-27-25-23-21-19-17-15-13-11-9-7-2/h9,11,15,17,21,23,27,29,41,43,66,70H,6-8,10,12-14,16,18-20,22,24-26,28,30-40,42,44-65H2,1-5H3/b11-9-,17-15-,23-21-,29-27-,43-41-. The summed E-state index contributed by atoms with van der Waals surface area (Å²) in [6.45, 7) is 4.66. The van der Waals surface area contributed by atoms with Crippen LogP contribution in [-0.2, 0) is 33.3 Å². The molecule has 0 aromatic carbocycles. The van der Waals surface area contributed by atoms with Crippen LogP contribution >= 0.6 is 0 Å². The molecule has 0 N–H and O–H groups in total. The van der Waals surface area contributed by atoms with Gasteiger partial charge in [0.05, 0.1) is 40.3 Å². The molecule has 0 aliphatic rings. The largest absolute Gasteiger partial charge is 0.545 e. The van der Waals surface area contributed by atoms with Crippen LogP contribution in [0.15, 0.2) is 60.8 Å². The lowest BCUT2D eigenvalue weighted by molar-refractivity contribution is -0.870. The number of aliphatic carboxylic acids is 1. The maximum Gasteiger partial charge on any atom is 0.306 e. The summed E-state index contributed by atoms with van der Waals surface area (Å²) in [5.41, 5.74) is 0. The molecule has 9 heteroatoms. The predicted molar refractivity (Wildman–Crippen MR) is 334 cm³/mol. The number of likely N-dealkylation sites (N-methyl/N-ethyl adjacent to an activating group) is 1. The van der Waals surface area contributed by atoms with Crippen LogP contribution in [-0.4, -0.2) is 82.3 Å². The summed E-state index contributed by atoms with van der Waals surface area (Å²) in [5, 5.41) is 11.8. The molecule has 0 fully saturated rings. The highest BCUT2D eigenvalue weighted by Gasteiger charge is 2.22. The van der Waals surface area contributed by atoms with Crippen molar-refractivity contribution < 1.29 is 42.9 Å². The Hall–Kier alpha value is -3.01. The van der Waals surface area contributed by atoms with Crippen molar-refractivity contribution in [3.05, 3.63) is 60.8 Å². The number of esters is 2. The van der Waals surface area contributed by atoms with Crippen molar-refractivity contribution in [3.8, 4) is 0 Å². The van der Waals surface area contributed by atoms with E-state index in [9.17, 15) is 19.5 Å². The number of carboxylic acid groups (broad SMARTS) is 1. The third-order valence-corrected chi connectivity index (χ3v) is 14.8. The van der Waals surface area contributed by atoms with Gasteiger partial charge in [-0.1, -0.05) is 299 Å². The first kappa shape index (κ1) is 76.0. The normalized spacial score (nSPS) is 13.1. The third-order valence-electron chi connectivity index (χ3n) is 14.8. The molecule has 0 spiro atoms. The molecule has 0 amide bonds. The Morgan fingerprint density at radius 2 is 0.722 bits per heavy atom. The Morgan fingerprint density at radius 3 is 1.08 bits per heavy atom. The fraction of sp³-hybridized carbons (Fsp3) is 0.814. The van der Waals surface area contributed by atoms with E-state index in [-0.39, 0.29) is 32.2 Å². The molecule has 0 aliphatic carbocycles. The van der Waals surface area contributed by atoms with Crippen molar-refractivity contribution in [1.82, 2.24) is 0 Å². The van der Waals surface area contributed by atoms with Gasteiger partial charge < -0.3 is 33.3 Å². The van der Waals surface area contributed by atoms with Gasteiger partial charge in [-0.3, -0.25) is 9.59 Å². The molecule has 0 saturated carbocycles. The molecule has 79 heavy (non-hydrogen) atoms. The van der Waals surface area contributed by atoms with Gasteiger partial charge in [0.25, 0.3) is 0 Å². The molecule has 0 radical (unpaired) electrons. The fourth-order valence-electron chi connectivity index (χ4n) is 9.68. The highest BCUT2D eigenvalue weighted by molar-refractivity contribution is 5.70. The number of rotatable bonds is 62. The molecule has 0 rings (SSSR count). The van der Waals surface area contributed by atoms with Crippen LogP contribution in [0.4, 0.5) is 0 Å². The SMILES string of the molecule is CC/C=C\C/C=C\C/C=C\C/C=C\C/C=C\CCCCCCCCCC(=O)OC(COC(=O)CCCCCCCCCCCCCCCCCCCCCCCCCCCCCCCCC)COC(OCC[N+](C)(C)C)C(=O)[O-]. The van der Waals surface area contributed by atoms with Crippen molar-refractivity contribution in [2.24, 2.45) is 0 Å². The average molecular weight is 1110 g/mol. The van der Waals surface area contributed by atoms with Crippen molar-refractivity contribution in [2.75, 3.05) is 47.5 Å². The lowest BCUT2D eigenvalue weighted by atomic mass is 10.0. The summed E-state index contributed by atoms with van der Waals surface area (Å²) in [6.07, 6.45) is 75.9. The lowest BCUT2D eigenvalue weighted by Gasteiger charge is -2.26. The van der Waals surface area contributed by atoms with Crippen molar-refractivity contribution in [2.45, 2.75) is 322 Å². The second-order valence-electron chi connectivity index (χ2n) is 23.7. The van der Waals surface area contributed by atoms with E-state index in [2.05, 4.69) is 74.6 Å². The summed E-state index contributed by atoms with van der Waals surface area (Å²) in [7, 11) is 5.93. The molecule has 0 aromatic heterocycles. The van der Waals surface area contributed by atoms with E-state index in [0.29, 0.717) is 23.9 Å². The summed E-state index contributed by atoms with van der Waals surface area (Å²) >= 11 is 0. The Bertz CT molecular complexity index is 1480. The zero-order valence-corrected chi connectivity index (χ0v) is 52.5. The minimum atomic E-state index is -1.63. The molecule has 9 nitrogen and oxygen atoms in total. The van der Waals surface area contributed by atoms with E-state index in [1.165, 1.54) is 199 Å². The summed E-state index contributed by atoms with van der Waals surface area (Å²) < 4.78 is 22.8. The van der Waals surface area contributed by atoms with Crippen molar-refractivity contribution in [3.63, 3.8) is 0 Å². The van der Waals surface area contributed by atoms with E-state index in [4.69, 9.17) is 18.9 Å². The van der Waals surface area contributed by atoms with E-state index in [0.717, 1.165) is 77.0 Å². The van der Waals surface area contributed by atoms with Crippen LogP contribution in [0, 0.1) is 0 Å². The average Bonchev–Trinajstić information content (AvgIpc) is 3.42. The van der Waals surface area contributed by atoms with E-state index in [1.807, 2.05) is 21.1 Å². The second kappa shape index (κ2) is 61.1. The first-order chi connectivity index (χ1) is 38.6. The smallest absolute Gasteiger partial charge is 0.306 e. The summed E-state index contributed by atoms with van der Waals surface area (Å²) in [5.74, 6) is -2.28. The number of carbonyl (C=O) groups is 3. The Kier molecular flexibility index (Phi) is 58.7. The first-order valence-corrected chi connectivity index (χ1v) is 33.4. The minimum Gasteiger partial charge on any atom is -0.545 e. The topological polar surface area (TPSA) is 111 Å². The predicted octanol–water partition coefficient (Wildman–Crippen LogP) is 19.0. The molecule has 0 heterocycles.